The van der Waals surface area contributed by atoms with E-state index >= 15 is 0 Å². The number of sulfonamides is 1. The molecule has 1 heterocycles. The van der Waals surface area contributed by atoms with Crippen LogP contribution < -0.4 is 9.46 Å². The highest BCUT2D eigenvalue weighted by Gasteiger charge is 2.34. The summed E-state index contributed by atoms with van der Waals surface area (Å²) in [5.41, 5.74) is 0.817. The highest BCUT2D eigenvalue weighted by molar-refractivity contribution is 7.89. The smallest absolute Gasteiger partial charge is 0.309 e. The first-order valence-electron chi connectivity index (χ1n) is 11.1. The Bertz CT molecular complexity index is 1100. The van der Waals surface area contributed by atoms with Gasteiger partial charge in [0.25, 0.3) is 0 Å². The van der Waals surface area contributed by atoms with Gasteiger partial charge in [0.1, 0.15) is 11.8 Å². The summed E-state index contributed by atoms with van der Waals surface area (Å²) in [5.74, 6) is -0.501. The van der Waals surface area contributed by atoms with Crippen molar-refractivity contribution < 1.29 is 27.5 Å². The lowest BCUT2D eigenvalue weighted by Crippen LogP contribution is -2.52. The summed E-state index contributed by atoms with van der Waals surface area (Å²) >= 11 is 6.12. The van der Waals surface area contributed by atoms with Crippen molar-refractivity contribution in [3.05, 3.63) is 59.1 Å². The van der Waals surface area contributed by atoms with Crippen LogP contribution in [0.5, 0.6) is 5.75 Å². The van der Waals surface area contributed by atoms with Gasteiger partial charge in [-0.3, -0.25) is 9.59 Å². The molecular weight excluding hydrogens is 480 g/mol. The van der Waals surface area contributed by atoms with Crippen LogP contribution in [-0.4, -0.2) is 58.0 Å². The normalized spacial score (nSPS) is 15.6. The average Bonchev–Trinajstić information content (AvgIpc) is 2.84. The van der Waals surface area contributed by atoms with Gasteiger partial charge in [-0.25, -0.2) is 8.42 Å². The van der Waals surface area contributed by atoms with Crippen LogP contribution in [-0.2, 0) is 30.8 Å². The van der Waals surface area contributed by atoms with Crippen LogP contribution in [0.1, 0.15) is 25.3 Å². The van der Waals surface area contributed by atoms with Crippen molar-refractivity contribution >= 4 is 33.5 Å². The molecule has 1 aliphatic heterocycles. The molecule has 0 radical (unpaired) electrons. The van der Waals surface area contributed by atoms with Crippen LogP contribution in [0, 0.1) is 5.92 Å². The molecule has 34 heavy (non-hydrogen) atoms. The van der Waals surface area contributed by atoms with E-state index in [4.69, 9.17) is 21.1 Å². The fourth-order valence-electron chi connectivity index (χ4n) is 3.91. The number of hydrogen-bond donors (Lipinski definition) is 1. The van der Waals surface area contributed by atoms with Gasteiger partial charge < -0.3 is 14.4 Å². The molecular formula is C24H29ClN2O6S. The van der Waals surface area contributed by atoms with Crippen molar-refractivity contribution in [2.24, 2.45) is 5.92 Å². The van der Waals surface area contributed by atoms with Gasteiger partial charge >= 0.3 is 5.97 Å². The van der Waals surface area contributed by atoms with E-state index in [-0.39, 0.29) is 34.1 Å². The lowest BCUT2D eigenvalue weighted by molar-refractivity contribution is -0.151. The molecule has 1 atom stereocenters. The largest absolute Gasteiger partial charge is 0.495 e. The van der Waals surface area contributed by atoms with Crippen LogP contribution in [0.4, 0.5) is 0 Å². The molecule has 1 amide bonds. The van der Waals surface area contributed by atoms with Gasteiger partial charge in [-0.1, -0.05) is 41.9 Å². The zero-order valence-corrected chi connectivity index (χ0v) is 20.8. The summed E-state index contributed by atoms with van der Waals surface area (Å²) in [4.78, 5) is 27.0. The molecule has 0 bridgehead atoms. The standard InChI is InChI=1S/C24H29ClN2O6S/c1-3-33-24(29)18-11-13-27(14-12-18)23(28)21(15-17-7-5-4-6-8-17)26-34(30,31)19-9-10-22(32-2)20(25)16-19/h4-10,16,18,21,26H,3,11-15H2,1-2H3. The topological polar surface area (TPSA) is 102 Å². The molecule has 1 saturated heterocycles. The predicted molar refractivity (Wildman–Crippen MR) is 128 cm³/mol. The number of methoxy groups -OCH3 is 1. The van der Waals surface area contributed by atoms with Crippen LogP contribution >= 0.6 is 11.6 Å². The quantitative estimate of drug-likeness (QED) is 0.522. The van der Waals surface area contributed by atoms with Gasteiger partial charge in [-0.2, -0.15) is 4.72 Å². The molecule has 0 spiro atoms. The second-order valence-corrected chi connectivity index (χ2v) is 10.1. The Kier molecular flexibility index (Phi) is 8.93. The first-order chi connectivity index (χ1) is 16.2. The molecule has 1 fully saturated rings. The van der Waals surface area contributed by atoms with E-state index in [0.717, 1.165) is 5.56 Å². The molecule has 0 aromatic heterocycles. The van der Waals surface area contributed by atoms with E-state index in [0.29, 0.717) is 38.3 Å². The predicted octanol–water partition coefficient (Wildman–Crippen LogP) is 3.04. The molecule has 1 aliphatic rings. The van der Waals surface area contributed by atoms with Gasteiger partial charge in [0.2, 0.25) is 15.9 Å². The Balaban J connectivity index is 1.79. The fourth-order valence-corrected chi connectivity index (χ4v) is 5.45. The van der Waals surface area contributed by atoms with E-state index in [1.165, 1.54) is 25.3 Å². The maximum atomic E-state index is 13.4. The van der Waals surface area contributed by atoms with Crippen molar-refractivity contribution in [2.75, 3.05) is 26.8 Å². The summed E-state index contributed by atoms with van der Waals surface area (Å²) in [7, 11) is -2.62. The molecule has 2 aromatic carbocycles. The van der Waals surface area contributed by atoms with Crippen molar-refractivity contribution in [2.45, 2.75) is 37.1 Å². The first kappa shape index (κ1) is 26.0. The third kappa shape index (κ3) is 6.49. The highest BCUT2D eigenvalue weighted by atomic mass is 35.5. The zero-order chi connectivity index (χ0) is 24.7. The number of hydrogen-bond acceptors (Lipinski definition) is 6. The summed E-state index contributed by atoms with van der Waals surface area (Å²) in [6.07, 6.45) is 1.13. The SMILES string of the molecule is CCOC(=O)C1CCN(C(=O)C(Cc2ccccc2)NS(=O)(=O)c2ccc(OC)c(Cl)c2)CC1. The molecule has 3 rings (SSSR count). The van der Waals surface area contributed by atoms with Crippen LogP contribution in [0.25, 0.3) is 0 Å². The second kappa shape index (κ2) is 11.7. The molecule has 10 heteroatoms. The van der Waals surface area contributed by atoms with Gasteiger partial charge in [0.15, 0.2) is 0 Å². The van der Waals surface area contributed by atoms with Gasteiger partial charge in [-0.15, -0.1) is 0 Å². The molecule has 0 saturated carbocycles. The number of amides is 1. The van der Waals surface area contributed by atoms with E-state index < -0.39 is 16.1 Å². The van der Waals surface area contributed by atoms with E-state index in [1.807, 2.05) is 30.3 Å². The minimum absolute atomic E-state index is 0.0646. The average molecular weight is 509 g/mol. The third-order valence-electron chi connectivity index (χ3n) is 5.74. The van der Waals surface area contributed by atoms with Crippen molar-refractivity contribution in [3.8, 4) is 5.75 Å². The van der Waals surface area contributed by atoms with Crippen molar-refractivity contribution in [1.29, 1.82) is 0 Å². The Labute approximate surface area is 205 Å². The van der Waals surface area contributed by atoms with Crippen molar-refractivity contribution in [3.63, 3.8) is 0 Å². The summed E-state index contributed by atoms with van der Waals surface area (Å²) in [6, 6.07) is 12.3. The van der Waals surface area contributed by atoms with Crippen LogP contribution in [0.2, 0.25) is 5.02 Å². The summed E-state index contributed by atoms with van der Waals surface area (Å²) in [5, 5.41) is 0.150. The van der Waals surface area contributed by atoms with Crippen LogP contribution in [0.3, 0.4) is 0 Å². The minimum Gasteiger partial charge on any atom is -0.495 e. The van der Waals surface area contributed by atoms with Crippen molar-refractivity contribution in [1.82, 2.24) is 9.62 Å². The number of halogens is 1. The van der Waals surface area contributed by atoms with E-state index in [1.54, 1.807) is 11.8 Å². The molecule has 8 nitrogen and oxygen atoms in total. The number of esters is 1. The number of rotatable bonds is 9. The number of ether oxygens (including phenoxy) is 2. The van der Waals surface area contributed by atoms with Gasteiger partial charge in [0, 0.05) is 13.1 Å². The Morgan fingerprint density at radius 2 is 1.82 bits per heavy atom. The first-order valence-corrected chi connectivity index (χ1v) is 13.0. The number of benzene rings is 2. The number of carbonyl (C=O) groups excluding carboxylic acids is 2. The summed E-state index contributed by atoms with van der Waals surface area (Å²) in [6.45, 7) is 2.77. The lowest BCUT2D eigenvalue weighted by atomic mass is 9.96. The number of likely N-dealkylation sites (tertiary alicyclic amines) is 1. The highest BCUT2D eigenvalue weighted by Crippen LogP contribution is 2.27. The minimum atomic E-state index is -4.05. The molecule has 184 valence electrons. The number of carbonyl (C=O) groups is 2. The van der Waals surface area contributed by atoms with E-state index in [2.05, 4.69) is 4.72 Å². The number of nitrogens with one attached hydrogen (secondary N) is 1. The second-order valence-electron chi connectivity index (χ2n) is 8.01. The lowest BCUT2D eigenvalue weighted by Gasteiger charge is -2.33. The Morgan fingerprint density at radius 1 is 1.15 bits per heavy atom. The zero-order valence-electron chi connectivity index (χ0n) is 19.2. The van der Waals surface area contributed by atoms with E-state index in [9.17, 15) is 18.0 Å². The molecule has 1 N–H and O–H groups in total. The number of nitrogens with zero attached hydrogens (tertiary/aromatic N) is 1. The Hall–Kier alpha value is -2.62. The molecule has 2 aromatic rings. The molecule has 0 aliphatic carbocycles. The fraction of sp³-hybridized carbons (Fsp3) is 0.417. The maximum Gasteiger partial charge on any atom is 0.309 e. The monoisotopic (exact) mass is 508 g/mol. The van der Waals surface area contributed by atoms with Gasteiger partial charge in [0.05, 0.1) is 29.6 Å². The maximum absolute atomic E-state index is 13.4. The third-order valence-corrected chi connectivity index (χ3v) is 7.50. The Morgan fingerprint density at radius 3 is 2.41 bits per heavy atom. The number of piperidine rings is 1. The van der Waals surface area contributed by atoms with Gasteiger partial charge in [-0.05, 0) is 49.9 Å². The van der Waals surface area contributed by atoms with Crippen LogP contribution in [0.15, 0.2) is 53.4 Å². The summed E-state index contributed by atoms with van der Waals surface area (Å²) < 4.78 is 39.0. The molecule has 1 unspecified atom stereocenters.